The van der Waals surface area contributed by atoms with Gasteiger partial charge < -0.3 is 14.6 Å². The molecule has 2 bridgehead atoms. The minimum atomic E-state index is -0.692. The lowest BCUT2D eigenvalue weighted by Gasteiger charge is -2.57. The lowest BCUT2D eigenvalue weighted by Crippen LogP contribution is -2.63. The van der Waals surface area contributed by atoms with Crippen molar-refractivity contribution in [1.82, 2.24) is 0 Å². The van der Waals surface area contributed by atoms with Crippen molar-refractivity contribution in [3.05, 3.63) is 60.2 Å². The van der Waals surface area contributed by atoms with Crippen molar-refractivity contribution in [3.8, 4) is 11.1 Å². The van der Waals surface area contributed by atoms with Crippen LogP contribution in [0.4, 0.5) is 0 Å². The Balaban J connectivity index is 1.24. The molecule has 5 aliphatic carbocycles. The van der Waals surface area contributed by atoms with E-state index in [9.17, 15) is 5.11 Å². The van der Waals surface area contributed by atoms with Gasteiger partial charge in [0, 0.05) is 23.7 Å². The molecular formula is C25H24O3. The number of hydrogen-bond donors (Lipinski definition) is 1. The van der Waals surface area contributed by atoms with Crippen LogP contribution >= 0.6 is 0 Å². The molecule has 1 aliphatic heterocycles. The summed E-state index contributed by atoms with van der Waals surface area (Å²) in [6.45, 7) is 1.46. The maximum absolute atomic E-state index is 12.2. The van der Waals surface area contributed by atoms with Gasteiger partial charge in [-0.3, -0.25) is 0 Å². The van der Waals surface area contributed by atoms with Crippen LogP contribution in [0.1, 0.15) is 12.0 Å². The molecule has 6 fully saturated rings. The lowest BCUT2D eigenvalue weighted by atomic mass is 9.53. The highest BCUT2D eigenvalue weighted by Gasteiger charge is 2.92. The Morgan fingerprint density at radius 2 is 1.36 bits per heavy atom. The van der Waals surface area contributed by atoms with Crippen molar-refractivity contribution >= 4 is 0 Å². The maximum Gasteiger partial charge on any atom is 0.175 e. The minimum absolute atomic E-state index is 0.308. The van der Waals surface area contributed by atoms with Crippen LogP contribution in [0.2, 0.25) is 0 Å². The molecule has 0 unspecified atom stereocenters. The normalized spacial score (nSPS) is 50.0. The van der Waals surface area contributed by atoms with Crippen molar-refractivity contribution in [2.24, 2.45) is 47.3 Å². The van der Waals surface area contributed by atoms with E-state index in [-0.39, 0.29) is 5.79 Å². The molecule has 1 N–H and O–H groups in total. The fourth-order valence-electron chi connectivity index (χ4n) is 9.30. The van der Waals surface area contributed by atoms with Gasteiger partial charge >= 0.3 is 0 Å². The lowest BCUT2D eigenvalue weighted by molar-refractivity contribution is -0.302. The third-order valence-electron chi connectivity index (χ3n) is 9.64. The van der Waals surface area contributed by atoms with Gasteiger partial charge in [-0.15, -0.1) is 0 Å². The zero-order valence-electron chi connectivity index (χ0n) is 15.7. The predicted octanol–water partition coefficient (Wildman–Crippen LogP) is 3.67. The molecule has 1 heterocycles. The Morgan fingerprint density at radius 1 is 0.714 bits per heavy atom. The molecule has 142 valence electrons. The molecular weight excluding hydrogens is 348 g/mol. The molecule has 0 radical (unpaired) electrons. The first kappa shape index (κ1) is 15.2. The van der Waals surface area contributed by atoms with Gasteiger partial charge in [-0.25, -0.2) is 0 Å². The van der Waals surface area contributed by atoms with E-state index in [1.807, 2.05) is 6.07 Å². The highest BCUT2D eigenvalue weighted by Crippen LogP contribution is 2.89. The Morgan fingerprint density at radius 3 is 2.11 bits per heavy atom. The summed E-state index contributed by atoms with van der Waals surface area (Å²) in [5, 5.41) is 12.2. The topological polar surface area (TPSA) is 38.7 Å². The van der Waals surface area contributed by atoms with E-state index in [1.54, 1.807) is 0 Å². The third kappa shape index (κ3) is 1.34. The number of rotatable bonds is 2. The van der Waals surface area contributed by atoms with Crippen molar-refractivity contribution in [2.75, 3.05) is 13.2 Å². The molecule has 0 aromatic heterocycles. The largest absolute Gasteiger partial charge is 0.385 e. The number of hydrogen-bond acceptors (Lipinski definition) is 3. The molecule has 2 aromatic carbocycles. The minimum Gasteiger partial charge on any atom is -0.385 e. The molecule has 3 nitrogen and oxygen atoms in total. The van der Waals surface area contributed by atoms with Gasteiger partial charge in [-0.05, 0) is 46.8 Å². The van der Waals surface area contributed by atoms with Crippen LogP contribution in [-0.2, 0) is 15.1 Å². The summed E-state index contributed by atoms with van der Waals surface area (Å²) < 4.78 is 12.7. The average Bonchev–Trinajstić information content (AvgIpc) is 3.41. The van der Waals surface area contributed by atoms with Crippen LogP contribution < -0.4 is 0 Å². The standard InChI is InChI=1S/C25H24O3/c26-24(15-8-6-14(7-9-15)13-4-2-1-3-5-13)20-16-12-17-19-18(16)22(24)23(19)25(21(17)20)27-10-11-28-25/h1-9,16-23,26H,10-12H2/t16-,17+,18-,19+,20+,21-,22-,23+,24-/m1/s1. The summed E-state index contributed by atoms with van der Waals surface area (Å²) >= 11 is 0. The van der Waals surface area contributed by atoms with Crippen molar-refractivity contribution in [3.63, 3.8) is 0 Å². The van der Waals surface area contributed by atoms with Crippen LogP contribution in [0.25, 0.3) is 11.1 Å². The Hall–Kier alpha value is -1.68. The zero-order chi connectivity index (χ0) is 18.3. The monoisotopic (exact) mass is 372 g/mol. The van der Waals surface area contributed by atoms with E-state index in [2.05, 4.69) is 48.5 Å². The van der Waals surface area contributed by atoms with Crippen molar-refractivity contribution in [1.29, 1.82) is 0 Å². The van der Waals surface area contributed by atoms with E-state index in [0.717, 1.165) is 30.6 Å². The zero-order valence-corrected chi connectivity index (χ0v) is 15.7. The fraction of sp³-hybridized carbons (Fsp3) is 0.520. The average molecular weight is 372 g/mol. The van der Waals surface area contributed by atoms with Crippen LogP contribution in [-0.4, -0.2) is 24.1 Å². The highest BCUT2D eigenvalue weighted by atomic mass is 16.7. The summed E-state index contributed by atoms with van der Waals surface area (Å²) in [5.41, 5.74) is 2.88. The number of aliphatic hydroxyl groups is 1. The maximum atomic E-state index is 12.2. The van der Waals surface area contributed by atoms with Gasteiger partial charge in [-0.2, -0.15) is 0 Å². The summed E-state index contributed by atoms with van der Waals surface area (Å²) in [5.74, 6) is 3.89. The molecule has 2 aromatic rings. The third-order valence-corrected chi connectivity index (χ3v) is 9.64. The van der Waals surface area contributed by atoms with Gasteiger partial charge in [0.15, 0.2) is 5.79 Å². The SMILES string of the molecule is O[C@@]1(c2ccc(-c3ccccc3)cc2)[C@@H]2[C@@H]3[C@H]4C[C@H]5[C@@H]3[C@@H]2C2(OCCO2)[C@H]5[C@H]41. The molecule has 8 rings (SSSR count). The second-order valence-electron chi connectivity index (χ2n) is 10.0. The van der Waals surface area contributed by atoms with E-state index in [0.29, 0.717) is 35.5 Å². The van der Waals surface area contributed by atoms with Crippen LogP contribution in [0, 0.1) is 47.3 Å². The molecule has 0 amide bonds. The molecule has 9 atom stereocenters. The van der Waals surface area contributed by atoms with Crippen LogP contribution in [0.15, 0.2) is 54.6 Å². The Kier molecular flexibility index (Phi) is 2.47. The smallest absolute Gasteiger partial charge is 0.175 e. The number of fused-ring (bicyclic) bond motifs is 4. The van der Waals surface area contributed by atoms with Crippen molar-refractivity contribution in [2.45, 2.75) is 17.8 Å². The first-order valence-electron chi connectivity index (χ1n) is 10.9. The molecule has 3 heteroatoms. The van der Waals surface area contributed by atoms with Gasteiger partial charge in [0.05, 0.1) is 18.8 Å². The van der Waals surface area contributed by atoms with E-state index < -0.39 is 5.60 Å². The quantitative estimate of drug-likeness (QED) is 0.874. The second kappa shape index (κ2) is 4.56. The summed E-state index contributed by atoms with van der Waals surface area (Å²) in [6.07, 6.45) is 1.29. The van der Waals surface area contributed by atoms with Gasteiger partial charge in [0.1, 0.15) is 0 Å². The van der Waals surface area contributed by atoms with E-state index in [4.69, 9.17) is 9.47 Å². The predicted molar refractivity (Wildman–Crippen MR) is 103 cm³/mol. The summed E-state index contributed by atoms with van der Waals surface area (Å²) in [4.78, 5) is 0. The second-order valence-corrected chi connectivity index (χ2v) is 10.0. The molecule has 1 saturated heterocycles. The first-order valence-corrected chi connectivity index (χ1v) is 10.9. The molecule has 1 spiro atoms. The number of benzene rings is 2. The van der Waals surface area contributed by atoms with E-state index >= 15 is 0 Å². The van der Waals surface area contributed by atoms with Gasteiger partial charge in [0.25, 0.3) is 0 Å². The number of ether oxygens (including phenoxy) is 2. The summed E-state index contributed by atoms with van der Waals surface area (Å²) in [7, 11) is 0. The van der Waals surface area contributed by atoms with Gasteiger partial charge in [-0.1, -0.05) is 54.6 Å². The molecule has 6 aliphatic rings. The Labute approximate surface area is 164 Å². The van der Waals surface area contributed by atoms with Crippen LogP contribution in [0.3, 0.4) is 0 Å². The highest BCUT2D eigenvalue weighted by molar-refractivity contribution is 5.64. The Bertz CT molecular complexity index is 979. The van der Waals surface area contributed by atoms with Gasteiger partial charge in [0.2, 0.25) is 0 Å². The molecule has 5 saturated carbocycles. The van der Waals surface area contributed by atoms with Crippen LogP contribution in [0.5, 0.6) is 0 Å². The first-order chi connectivity index (χ1) is 13.7. The molecule has 28 heavy (non-hydrogen) atoms. The van der Waals surface area contributed by atoms with E-state index in [1.165, 1.54) is 17.5 Å². The summed E-state index contributed by atoms with van der Waals surface area (Å²) in [6, 6.07) is 19.3. The fourth-order valence-corrected chi connectivity index (χ4v) is 9.30. The van der Waals surface area contributed by atoms with Crippen molar-refractivity contribution < 1.29 is 14.6 Å².